The van der Waals surface area contributed by atoms with E-state index in [2.05, 4.69) is 0 Å². The molecule has 0 amide bonds. The number of hydrogen-bond donors (Lipinski definition) is 0. The van der Waals surface area contributed by atoms with Crippen molar-refractivity contribution >= 4 is 68.8 Å². The lowest BCUT2D eigenvalue weighted by molar-refractivity contribution is -0.394. The smallest absolute Gasteiger partial charge is 0.344 e. The van der Waals surface area contributed by atoms with Gasteiger partial charge in [0.2, 0.25) is 0 Å². The van der Waals surface area contributed by atoms with Crippen LogP contribution in [0.1, 0.15) is 20.7 Å². The van der Waals surface area contributed by atoms with Crippen LogP contribution in [0.4, 0.5) is 56.9 Å². The predicted octanol–water partition coefficient (Wildman–Crippen LogP) is 12.4. The summed E-state index contributed by atoms with van der Waals surface area (Å²) in [5.74, 6) is -1.86. The normalized spacial score (nSPS) is 10.6. The van der Waals surface area contributed by atoms with Gasteiger partial charge in [-0.3, -0.25) is 40.5 Å². The molecule has 8 rings (SSSR count). The number of anilines is 6. The number of carbonyl (C=O) groups is 2. The van der Waals surface area contributed by atoms with E-state index in [4.69, 9.17) is 9.47 Å². The fourth-order valence-corrected chi connectivity index (χ4v) is 7.21. The van der Waals surface area contributed by atoms with E-state index in [0.29, 0.717) is 11.4 Å². The molecule has 0 aliphatic carbocycles. The number of ether oxygens (including phenoxy) is 2. The Hall–Kier alpha value is -10.1. The van der Waals surface area contributed by atoms with Crippen LogP contribution < -0.4 is 19.3 Å². The number of para-hydroxylation sites is 2. The number of hydrogen-bond acceptors (Lipinski definition) is 14. The molecule has 0 saturated heterocycles. The molecule has 18 heteroatoms. The van der Waals surface area contributed by atoms with Crippen LogP contribution in [0.5, 0.6) is 11.5 Å². The zero-order valence-corrected chi connectivity index (χ0v) is 35.1. The molecule has 18 nitrogen and oxygen atoms in total. The van der Waals surface area contributed by atoms with Crippen LogP contribution in [0, 0.1) is 40.5 Å². The molecule has 0 N–H and O–H groups in total. The topological polar surface area (TPSA) is 232 Å². The van der Waals surface area contributed by atoms with E-state index < -0.39 is 54.4 Å². The summed E-state index contributed by atoms with van der Waals surface area (Å²) >= 11 is 0. The highest BCUT2D eigenvalue weighted by Crippen LogP contribution is 2.40. The molecule has 0 aliphatic heterocycles. The van der Waals surface area contributed by atoms with Gasteiger partial charge in [-0.05, 0) is 83.9 Å². The quantitative estimate of drug-likeness (QED) is 0.0403. The summed E-state index contributed by atoms with van der Waals surface area (Å²) in [5.41, 5.74) is 2.74. The third kappa shape index (κ3) is 9.98. The number of nitrogens with zero attached hydrogens (tertiary/aromatic N) is 6. The second kappa shape index (κ2) is 19.3. The highest BCUT2D eigenvalue weighted by atomic mass is 16.6. The van der Waals surface area contributed by atoms with Crippen LogP contribution in [-0.4, -0.2) is 31.6 Å². The lowest BCUT2D eigenvalue weighted by Crippen LogP contribution is -2.12. The van der Waals surface area contributed by atoms with Gasteiger partial charge in [0.1, 0.15) is 11.5 Å². The van der Waals surface area contributed by atoms with Gasteiger partial charge in [0, 0.05) is 70.5 Å². The first-order valence-corrected chi connectivity index (χ1v) is 20.2. The van der Waals surface area contributed by atoms with E-state index in [1.165, 1.54) is 12.1 Å². The first kappa shape index (κ1) is 44.5. The number of benzene rings is 8. The molecule has 0 unspecified atom stereocenters. The van der Waals surface area contributed by atoms with Crippen molar-refractivity contribution < 1.29 is 38.8 Å². The minimum absolute atomic E-state index is 0.0883. The summed E-state index contributed by atoms with van der Waals surface area (Å²) in [6.45, 7) is 0. The number of esters is 2. The maximum Gasteiger partial charge on any atom is 0.344 e. The van der Waals surface area contributed by atoms with Crippen LogP contribution in [0.2, 0.25) is 0 Å². The Bertz CT molecular complexity index is 2960. The van der Waals surface area contributed by atoms with E-state index in [1.54, 1.807) is 36.4 Å². The van der Waals surface area contributed by atoms with Gasteiger partial charge in [0.05, 0.1) is 43.0 Å². The van der Waals surface area contributed by atoms with Gasteiger partial charge < -0.3 is 19.3 Å². The molecule has 0 spiro atoms. The van der Waals surface area contributed by atoms with Crippen molar-refractivity contribution in [3.63, 3.8) is 0 Å². The third-order valence-electron chi connectivity index (χ3n) is 10.3. The van der Waals surface area contributed by atoms with Gasteiger partial charge in [0.25, 0.3) is 22.7 Å². The molecule has 0 aromatic heterocycles. The Labute approximate surface area is 384 Å². The minimum atomic E-state index is -1.02. The number of rotatable bonds is 15. The second-order valence-corrected chi connectivity index (χ2v) is 14.7. The summed E-state index contributed by atoms with van der Waals surface area (Å²) in [5, 5.41) is 45.7. The standard InChI is InChI=1S/C50H32N6O12/c57-49(35-25-43(53(59)60)29-44(26-35)54(61)62)67-47-15-7-13-41(31-47)51(37-9-3-1-4-10-37)39-21-17-33(18-22-39)34-19-23-40(24-20-34)52(38-11-5-2-6-12-38)42-14-8-16-48(32-42)68-50(58)36-27-45(55(63)64)30-46(28-36)56(65)66/h1-32H. The molecule has 68 heavy (non-hydrogen) atoms. The largest absolute Gasteiger partial charge is 0.423 e. The Morgan fingerprint density at radius 1 is 0.338 bits per heavy atom. The van der Waals surface area contributed by atoms with Crippen LogP contribution in [0.3, 0.4) is 0 Å². The Balaban J connectivity index is 1.05. The molecule has 8 aromatic rings. The number of nitro benzene ring substituents is 4. The molecular weight excluding hydrogens is 877 g/mol. The first-order valence-electron chi connectivity index (χ1n) is 20.2. The van der Waals surface area contributed by atoms with E-state index in [9.17, 15) is 50.0 Å². The number of nitro groups is 4. The monoisotopic (exact) mass is 908 g/mol. The third-order valence-corrected chi connectivity index (χ3v) is 10.3. The van der Waals surface area contributed by atoms with Crippen LogP contribution in [0.25, 0.3) is 11.1 Å². The maximum absolute atomic E-state index is 13.2. The molecule has 8 aromatic carbocycles. The average Bonchev–Trinajstić information content (AvgIpc) is 3.35. The van der Waals surface area contributed by atoms with Crippen molar-refractivity contribution in [3.05, 3.63) is 246 Å². The van der Waals surface area contributed by atoms with Crippen molar-refractivity contribution in [1.29, 1.82) is 0 Å². The van der Waals surface area contributed by atoms with Gasteiger partial charge in [-0.1, -0.05) is 72.8 Å². The minimum Gasteiger partial charge on any atom is -0.423 e. The van der Waals surface area contributed by atoms with Gasteiger partial charge >= 0.3 is 11.9 Å². The van der Waals surface area contributed by atoms with E-state index in [-0.39, 0.29) is 22.6 Å². The van der Waals surface area contributed by atoms with Crippen LogP contribution in [0.15, 0.2) is 194 Å². The zero-order valence-electron chi connectivity index (χ0n) is 35.1. The second-order valence-electron chi connectivity index (χ2n) is 14.7. The Morgan fingerprint density at radius 2 is 0.632 bits per heavy atom. The average molecular weight is 909 g/mol. The van der Waals surface area contributed by atoms with E-state index in [1.807, 2.05) is 119 Å². The van der Waals surface area contributed by atoms with Gasteiger partial charge in [-0.2, -0.15) is 0 Å². The van der Waals surface area contributed by atoms with Crippen LogP contribution >= 0.6 is 0 Å². The fourth-order valence-electron chi connectivity index (χ4n) is 7.21. The summed E-state index contributed by atoms with van der Waals surface area (Å²) in [4.78, 5) is 72.6. The summed E-state index contributed by atoms with van der Waals surface area (Å²) < 4.78 is 11.2. The summed E-state index contributed by atoms with van der Waals surface area (Å²) in [6, 6.07) is 52.7. The molecule has 0 radical (unpaired) electrons. The van der Waals surface area contributed by atoms with E-state index >= 15 is 0 Å². The van der Waals surface area contributed by atoms with Crippen LogP contribution in [-0.2, 0) is 0 Å². The number of carbonyl (C=O) groups excluding carboxylic acids is 2. The zero-order chi connectivity index (χ0) is 47.9. The molecule has 0 fully saturated rings. The van der Waals surface area contributed by atoms with Crippen molar-refractivity contribution in [2.45, 2.75) is 0 Å². The van der Waals surface area contributed by atoms with Gasteiger partial charge in [-0.15, -0.1) is 0 Å². The van der Waals surface area contributed by atoms with Crippen molar-refractivity contribution in [1.82, 2.24) is 0 Å². The lowest BCUT2D eigenvalue weighted by Gasteiger charge is -2.26. The molecule has 0 bridgehead atoms. The summed E-state index contributed by atoms with van der Waals surface area (Å²) in [7, 11) is 0. The fraction of sp³-hybridized carbons (Fsp3) is 0. The van der Waals surface area contributed by atoms with Crippen molar-refractivity contribution in [3.8, 4) is 22.6 Å². The highest BCUT2D eigenvalue weighted by Gasteiger charge is 2.24. The van der Waals surface area contributed by atoms with E-state index in [0.717, 1.165) is 70.3 Å². The molecule has 0 saturated carbocycles. The van der Waals surface area contributed by atoms with Crippen molar-refractivity contribution in [2.75, 3.05) is 9.80 Å². The number of non-ortho nitro benzene ring substituents is 4. The first-order chi connectivity index (χ1) is 32.8. The van der Waals surface area contributed by atoms with Gasteiger partial charge in [-0.25, -0.2) is 9.59 Å². The Kier molecular flexibility index (Phi) is 12.7. The Morgan fingerprint density at radius 3 is 0.941 bits per heavy atom. The molecular formula is C50H32N6O12. The highest BCUT2D eigenvalue weighted by molar-refractivity contribution is 5.94. The SMILES string of the molecule is O=C(Oc1cccc(N(c2ccccc2)c2ccc(-c3ccc(N(c4ccccc4)c4cccc(OC(=O)c5cc([N+](=O)[O-])cc([N+](=O)[O-])c5)c4)cc3)cc2)c1)c1cc([N+](=O)[O-])cc([N+](=O)[O-])c1. The molecule has 0 aliphatic rings. The summed E-state index contributed by atoms with van der Waals surface area (Å²) in [6.07, 6.45) is 0. The predicted molar refractivity (Wildman–Crippen MR) is 251 cm³/mol. The maximum atomic E-state index is 13.2. The van der Waals surface area contributed by atoms with Gasteiger partial charge in [0.15, 0.2) is 0 Å². The molecule has 334 valence electrons. The molecule has 0 atom stereocenters. The van der Waals surface area contributed by atoms with Crippen molar-refractivity contribution in [2.24, 2.45) is 0 Å². The lowest BCUT2D eigenvalue weighted by atomic mass is 10.0. The molecule has 0 heterocycles.